The monoisotopic (exact) mass is 299 g/mol. The first kappa shape index (κ1) is 16.7. The van der Waals surface area contributed by atoms with E-state index in [1.54, 1.807) is 0 Å². The second-order valence-corrected chi connectivity index (χ2v) is 4.86. The molecule has 20 heavy (non-hydrogen) atoms. The van der Waals surface area contributed by atoms with Crippen LogP contribution in [-0.4, -0.2) is 30.4 Å². The third kappa shape index (κ3) is 3.61. The number of carbonyl (C=O) groups is 2. The molecule has 0 N–H and O–H groups in total. The zero-order valence-electron chi connectivity index (χ0n) is 10.7. The van der Waals surface area contributed by atoms with Crippen LogP contribution in [0.2, 0.25) is 0 Å². The van der Waals surface area contributed by atoms with E-state index in [0.29, 0.717) is 6.42 Å². The molecule has 0 saturated heterocycles. The van der Waals surface area contributed by atoms with Gasteiger partial charge in [-0.15, -0.1) is 0 Å². The number of carboxylic acids is 1. The van der Waals surface area contributed by atoms with Gasteiger partial charge in [0.25, 0.3) is 0 Å². The van der Waals surface area contributed by atoms with Crippen molar-refractivity contribution in [2.45, 2.75) is 50.4 Å². The number of rotatable bonds is 6. The van der Waals surface area contributed by atoms with Gasteiger partial charge in [0.15, 0.2) is 0 Å². The molecule has 0 aliphatic heterocycles. The Balaban J connectivity index is 2.46. The summed E-state index contributed by atoms with van der Waals surface area (Å²) >= 11 is 0. The normalized spacial score (nSPS) is 17.8. The molecule has 0 aromatic rings. The molecule has 0 unspecified atom stereocenters. The van der Waals surface area contributed by atoms with Gasteiger partial charge in [-0.2, -0.15) is 17.6 Å². The van der Waals surface area contributed by atoms with Crippen molar-refractivity contribution in [1.29, 1.82) is 0 Å². The first-order chi connectivity index (χ1) is 9.19. The van der Waals surface area contributed by atoms with Crippen molar-refractivity contribution in [3.8, 4) is 0 Å². The van der Waals surface area contributed by atoms with Crippen LogP contribution in [0.15, 0.2) is 0 Å². The first-order valence-electron chi connectivity index (χ1n) is 6.34. The summed E-state index contributed by atoms with van der Waals surface area (Å²) in [5.74, 6) is -16.7. The van der Waals surface area contributed by atoms with Crippen LogP contribution in [0.3, 0.4) is 0 Å². The molecule has 1 fully saturated rings. The SMILES string of the molecule is O=C([O-])C(F)(F)C(F)(F)C(=O)OCCC1CCCCC1. The fourth-order valence-electron chi connectivity index (χ4n) is 2.14. The van der Waals surface area contributed by atoms with Crippen molar-refractivity contribution in [3.05, 3.63) is 0 Å². The Kier molecular flexibility index (Phi) is 5.35. The minimum atomic E-state index is -5.59. The molecule has 0 heterocycles. The summed E-state index contributed by atoms with van der Waals surface area (Å²) in [4.78, 5) is 20.9. The number of alkyl halides is 4. The van der Waals surface area contributed by atoms with E-state index in [4.69, 9.17) is 0 Å². The Hall–Kier alpha value is -1.34. The number of halogens is 4. The van der Waals surface area contributed by atoms with Crippen LogP contribution < -0.4 is 5.11 Å². The van der Waals surface area contributed by atoms with Gasteiger partial charge in [0.1, 0.15) is 5.97 Å². The molecule has 1 rings (SSSR count). The van der Waals surface area contributed by atoms with Crippen molar-refractivity contribution >= 4 is 11.9 Å². The van der Waals surface area contributed by atoms with Crippen LogP contribution in [0.5, 0.6) is 0 Å². The molecule has 0 spiro atoms. The Morgan fingerprint density at radius 1 is 1.05 bits per heavy atom. The summed E-state index contributed by atoms with van der Waals surface area (Å²) in [6.45, 7) is -0.428. The van der Waals surface area contributed by atoms with Crippen LogP contribution in [-0.2, 0) is 14.3 Å². The molecule has 4 nitrogen and oxygen atoms in total. The van der Waals surface area contributed by atoms with Crippen LogP contribution in [0, 0.1) is 5.92 Å². The number of aliphatic carboxylic acids is 1. The third-order valence-corrected chi connectivity index (χ3v) is 3.39. The molecule has 0 atom stereocenters. The van der Waals surface area contributed by atoms with Gasteiger partial charge in [-0.3, -0.25) is 0 Å². The molecule has 8 heteroatoms. The Morgan fingerprint density at radius 2 is 1.60 bits per heavy atom. The lowest BCUT2D eigenvalue weighted by Crippen LogP contribution is -2.58. The fourth-order valence-corrected chi connectivity index (χ4v) is 2.14. The number of hydrogen-bond acceptors (Lipinski definition) is 4. The second-order valence-electron chi connectivity index (χ2n) is 4.86. The van der Waals surface area contributed by atoms with E-state index in [-0.39, 0.29) is 5.92 Å². The Bertz CT molecular complexity index is 364. The molecular weight excluding hydrogens is 284 g/mol. The number of hydrogen-bond donors (Lipinski definition) is 0. The van der Waals surface area contributed by atoms with E-state index >= 15 is 0 Å². The summed E-state index contributed by atoms with van der Waals surface area (Å²) in [6, 6.07) is 0. The van der Waals surface area contributed by atoms with Crippen LogP contribution in [0.4, 0.5) is 17.6 Å². The van der Waals surface area contributed by atoms with E-state index in [9.17, 15) is 32.3 Å². The van der Waals surface area contributed by atoms with Crippen molar-refractivity contribution in [2.75, 3.05) is 6.61 Å². The minimum absolute atomic E-state index is 0.215. The molecule has 0 amide bonds. The molecular formula is C12H15F4O4-. The van der Waals surface area contributed by atoms with Crippen LogP contribution in [0.25, 0.3) is 0 Å². The highest BCUT2D eigenvalue weighted by molar-refractivity contribution is 5.88. The van der Waals surface area contributed by atoms with Crippen molar-refractivity contribution in [1.82, 2.24) is 0 Å². The maximum atomic E-state index is 13.0. The topological polar surface area (TPSA) is 66.4 Å². The number of carbonyl (C=O) groups excluding carboxylic acids is 2. The maximum absolute atomic E-state index is 13.0. The van der Waals surface area contributed by atoms with E-state index < -0.39 is 30.4 Å². The lowest BCUT2D eigenvalue weighted by molar-refractivity contribution is -0.346. The van der Waals surface area contributed by atoms with E-state index in [2.05, 4.69) is 4.74 Å². The predicted molar refractivity (Wildman–Crippen MR) is 57.1 cm³/mol. The van der Waals surface area contributed by atoms with E-state index in [1.807, 2.05) is 0 Å². The molecule has 0 bridgehead atoms. The Morgan fingerprint density at radius 3 is 2.10 bits per heavy atom. The zero-order chi connectivity index (χ0) is 15.4. The van der Waals surface area contributed by atoms with Gasteiger partial charge in [-0.1, -0.05) is 32.1 Å². The van der Waals surface area contributed by atoms with Crippen LogP contribution in [0.1, 0.15) is 38.5 Å². The minimum Gasteiger partial charge on any atom is -0.544 e. The standard InChI is InChI=1S/C12H16F4O4/c13-11(14,9(17)18)12(15,16)10(19)20-7-6-8-4-2-1-3-5-8/h8H,1-7H2,(H,17,18)/p-1. The Labute approximate surface area is 113 Å². The van der Waals surface area contributed by atoms with E-state index in [1.165, 1.54) is 0 Å². The number of esters is 1. The van der Waals surface area contributed by atoms with Crippen molar-refractivity contribution in [2.24, 2.45) is 5.92 Å². The number of ether oxygens (including phenoxy) is 1. The molecule has 116 valence electrons. The molecule has 1 aliphatic carbocycles. The van der Waals surface area contributed by atoms with Gasteiger partial charge in [-0.05, 0) is 12.3 Å². The van der Waals surface area contributed by atoms with Gasteiger partial charge in [-0.25, -0.2) is 4.79 Å². The second kappa shape index (κ2) is 6.41. The summed E-state index contributed by atoms with van der Waals surface area (Å²) in [7, 11) is 0. The summed E-state index contributed by atoms with van der Waals surface area (Å²) < 4.78 is 55.3. The van der Waals surface area contributed by atoms with Gasteiger partial charge >= 0.3 is 17.8 Å². The summed E-state index contributed by atoms with van der Waals surface area (Å²) in [5.41, 5.74) is 0. The molecule has 1 aliphatic rings. The van der Waals surface area contributed by atoms with Gasteiger partial charge in [0.05, 0.1) is 6.61 Å². The molecule has 1 saturated carbocycles. The van der Waals surface area contributed by atoms with Crippen molar-refractivity contribution < 1.29 is 37.0 Å². The molecule has 0 radical (unpaired) electrons. The lowest BCUT2D eigenvalue weighted by Gasteiger charge is -2.26. The lowest BCUT2D eigenvalue weighted by atomic mass is 9.87. The fraction of sp³-hybridized carbons (Fsp3) is 0.833. The highest BCUT2D eigenvalue weighted by Crippen LogP contribution is 2.35. The van der Waals surface area contributed by atoms with Crippen molar-refractivity contribution in [3.63, 3.8) is 0 Å². The average Bonchev–Trinajstić information content (AvgIpc) is 2.39. The smallest absolute Gasteiger partial charge is 0.410 e. The van der Waals surface area contributed by atoms with Gasteiger partial charge < -0.3 is 14.6 Å². The largest absolute Gasteiger partial charge is 0.544 e. The third-order valence-electron chi connectivity index (χ3n) is 3.39. The quantitative estimate of drug-likeness (QED) is 0.551. The van der Waals surface area contributed by atoms with Gasteiger partial charge in [0.2, 0.25) is 0 Å². The number of carboxylic acid groups (broad SMARTS) is 1. The summed E-state index contributed by atoms with van der Waals surface area (Å²) in [6.07, 6.45) is 5.15. The molecule has 0 aromatic carbocycles. The highest BCUT2D eigenvalue weighted by Gasteiger charge is 2.64. The average molecular weight is 299 g/mol. The maximum Gasteiger partial charge on any atom is 0.410 e. The molecule has 0 aromatic heterocycles. The zero-order valence-corrected chi connectivity index (χ0v) is 10.7. The first-order valence-corrected chi connectivity index (χ1v) is 6.34. The van der Waals surface area contributed by atoms with E-state index in [0.717, 1.165) is 32.1 Å². The summed E-state index contributed by atoms with van der Waals surface area (Å²) in [5, 5.41) is 9.94. The highest BCUT2D eigenvalue weighted by atomic mass is 19.3. The predicted octanol–water partition coefficient (Wildman–Crippen LogP) is 1.52. The van der Waals surface area contributed by atoms with Gasteiger partial charge in [0, 0.05) is 0 Å². The van der Waals surface area contributed by atoms with Crippen LogP contribution >= 0.6 is 0 Å².